The van der Waals surface area contributed by atoms with Crippen molar-refractivity contribution in [2.75, 3.05) is 7.11 Å². The molecule has 8 heteroatoms. The van der Waals surface area contributed by atoms with Crippen molar-refractivity contribution in [2.45, 2.75) is 19.2 Å². The van der Waals surface area contributed by atoms with Crippen LogP contribution in [-0.2, 0) is 4.79 Å². The van der Waals surface area contributed by atoms with Gasteiger partial charge in [0.05, 0.1) is 17.7 Å². The van der Waals surface area contributed by atoms with Crippen LogP contribution in [0.5, 0.6) is 11.5 Å². The number of aliphatic carboxylic acids is 1. The minimum atomic E-state index is -4.85. The number of alkyl halides is 3. The zero-order chi connectivity index (χ0) is 15.9. The highest BCUT2D eigenvalue weighted by molar-refractivity contribution is 6.32. The van der Waals surface area contributed by atoms with Gasteiger partial charge >= 0.3 is 12.1 Å². The second-order valence-electron chi connectivity index (χ2n) is 4.38. The summed E-state index contributed by atoms with van der Waals surface area (Å²) < 4.78 is 48.8. The first kappa shape index (κ1) is 15.5. The number of carboxylic acids is 1. The van der Waals surface area contributed by atoms with Crippen LogP contribution in [0, 0.1) is 6.92 Å². The fraction of sp³-hybridized carbons (Fsp3) is 0.308. The Morgan fingerprint density at radius 1 is 1.48 bits per heavy atom. The molecule has 0 radical (unpaired) electrons. The average Bonchev–Trinajstić information content (AvgIpc) is 2.36. The molecule has 0 saturated carbocycles. The molecule has 0 spiro atoms. The van der Waals surface area contributed by atoms with Gasteiger partial charge < -0.3 is 14.6 Å². The molecule has 1 heterocycles. The van der Waals surface area contributed by atoms with Gasteiger partial charge in [-0.15, -0.1) is 0 Å². The summed E-state index contributed by atoms with van der Waals surface area (Å²) in [7, 11) is 1.32. The Labute approximate surface area is 122 Å². The molecule has 0 aliphatic carbocycles. The number of hydrogen-bond donors (Lipinski definition) is 1. The van der Waals surface area contributed by atoms with E-state index < -0.39 is 23.8 Å². The van der Waals surface area contributed by atoms with Crippen molar-refractivity contribution in [2.24, 2.45) is 0 Å². The van der Waals surface area contributed by atoms with Gasteiger partial charge in [0.1, 0.15) is 11.5 Å². The van der Waals surface area contributed by atoms with Crippen LogP contribution in [0.3, 0.4) is 0 Å². The topological polar surface area (TPSA) is 55.8 Å². The third-order valence-corrected chi connectivity index (χ3v) is 3.30. The summed E-state index contributed by atoms with van der Waals surface area (Å²) in [6.45, 7) is 1.48. The lowest BCUT2D eigenvalue weighted by Gasteiger charge is -2.28. The quantitative estimate of drug-likeness (QED) is 0.906. The van der Waals surface area contributed by atoms with Crippen LogP contribution in [0.1, 0.15) is 11.1 Å². The molecule has 0 fully saturated rings. The van der Waals surface area contributed by atoms with E-state index in [9.17, 15) is 18.0 Å². The Hall–Kier alpha value is -1.89. The normalized spacial score (nSPS) is 17.6. The standard InChI is InChI=1S/C13H10ClF3O4/c1-5-9-6(4-8(14)10(5)20-2)3-7(12(18)19)11(21-9)13(15,16)17/h3-4,11H,1-2H3,(H,18,19). The maximum atomic E-state index is 13.0. The first-order valence-corrected chi connectivity index (χ1v) is 6.10. The maximum absolute atomic E-state index is 13.0. The predicted molar refractivity (Wildman–Crippen MR) is 68.8 cm³/mol. The number of fused-ring (bicyclic) bond motifs is 1. The van der Waals surface area contributed by atoms with Crippen molar-refractivity contribution >= 4 is 23.6 Å². The molecule has 1 aromatic carbocycles. The van der Waals surface area contributed by atoms with Crippen LogP contribution in [0.4, 0.5) is 13.2 Å². The Morgan fingerprint density at radius 2 is 2.10 bits per heavy atom. The first-order valence-electron chi connectivity index (χ1n) is 5.72. The number of methoxy groups -OCH3 is 1. The van der Waals surface area contributed by atoms with Crippen LogP contribution in [0.15, 0.2) is 11.6 Å². The van der Waals surface area contributed by atoms with Crippen molar-refractivity contribution in [3.8, 4) is 11.5 Å². The summed E-state index contributed by atoms with van der Waals surface area (Å²) in [4.78, 5) is 11.0. The smallest absolute Gasteiger partial charge is 0.430 e. The fourth-order valence-electron chi connectivity index (χ4n) is 2.12. The zero-order valence-electron chi connectivity index (χ0n) is 10.9. The highest BCUT2D eigenvalue weighted by Gasteiger charge is 2.48. The Morgan fingerprint density at radius 3 is 2.57 bits per heavy atom. The molecule has 114 valence electrons. The largest absolute Gasteiger partial charge is 0.495 e. The number of ether oxygens (including phenoxy) is 2. The van der Waals surface area contributed by atoms with Crippen LogP contribution in [-0.4, -0.2) is 30.5 Å². The number of rotatable bonds is 2. The fourth-order valence-corrected chi connectivity index (χ4v) is 2.46. The molecule has 0 amide bonds. The lowest BCUT2D eigenvalue weighted by Crippen LogP contribution is -2.40. The molecular weight excluding hydrogens is 313 g/mol. The van der Waals surface area contributed by atoms with E-state index in [0.717, 1.165) is 6.08 Å². The molecule has 1 aliphatic heterocycles. The molecule has 1 N–H and O–H groups in total. The summed E-state index contributed by atoms with van der Waals surface area (Å²) in [5, 5.41) is 9.09. The lowest BCUT2D eigenvalue weighted by molar-refractivity contribution is -0.187. The predicted octanol–water partition coefficient (Wildman–Crippen LogP) is 3.45. The van der Waals surface area contributed by atoms with Gasteiger partial charge in [-0.25, -0.2) is 4.79 Å². The molecule has 0 saturated heterocycles. The number of carbonyl (C=O) groups is 1. The van der Waals surface area contributed by atoms with E-state index in [4.69, 9.17) is 26.2 Å². The lowest BCUT2D eigenvalue weighted by atomic mass is 9.98. The second-order valence-corrected chi connectivity index (χ2v) is 4.79. The molecular formula is C13H10ClF3O4. The van der Waals surface area contributed by atoms with Gasteiger partial charge in [0.15, 0.2) is 0 Å². The van der Waals surface area contributed by atoms with Gasteiger partial charge in [-0.3, -0.25) is 0 Å². The Bertz CT molecular complexity index is 637. The maximum Gasteiger partial charge on any atom is 0.430 e. The van der Waals surface area contributed by atoms with E-state index in [1.807, 2.05) is 0 Å². The molecule has 4 nitrogen and oxygen atoms in total. The molecule has 1 atom stereocenters. The Kier molecular flexibility index (Phi) is 3.79. The van der Waals surface area contributed by atoms with Crippen molar-refractivity contribution in [3.05, 3.63) is 27.8 Å². The van der Waals surface area contributed by atoms with Gasteiger partial charge in [0.2, 0.25) is 6.10 Å². The average molecular weight is 323 g/mol. The second kappa shape index (κ2) is 5.14. The SMILES string of the molecule is COc1c(Cl)cc2c(c1C)OC(C(F)(F)F)C(C(=O)O)=C2. The van der Waals surface area contributed by atoms with E-state index in [1.165, 1.54) is 20.1 Å². The number of carboxylic acid groups (broad SMARTS) is 1. The molecule has 0 aromatic heterocycles. The van der Waals surface area contributed by atoms with E-state index in [-0.39, 0.29) is 27.6 Å². The van der Waals surface area contributed by atoms with Gasteiger partial charge in [0.25, 0.3) is 0 Å². The number of halogens is 4. The highest BCUT2D eigenvalue weighted by Crippen LogP contribution is 2.44. The summed E-state index contributed by atoms with van der Waals surface area (Å²) in [6.07, 6.45) is -6.47. The molecule has 1 unspecified atom stereocenters. The minimum Gasteiger partial charge on any atom is -0.495 e. The summed E-state index contributed by atoms with van der Waals surface area (Å²) >= 11 is 5.94. The van der Waals surface area contributed by atoms with Gasteiger partial charge in [-0.05, 0) is 19.1 Å². The molecule has 0 bridgehead atoms. The number of hydrogen-bond acceptors (Lipinski definition) is 3. The van der Waals surface area contributed by atoms with Crippen LogP contribution >= 0.6 is 11.6 Å². The summed E-state index contributed by atoms with van der Waals surface area (Å²) in [6, 6.07) is 1.30. The molecule has 21 heavy (non-hydrogen) atoms. The van der Waals surface area contributed by atoms with E-state index >= 15 is 0 Å². The Balaban J connectivity index is 2.66. The van der Waals surface area contributed by atoms with Crippen molar-refractivity contribution in [1.82, 2.24) is 0 Å². The monoisotopic (exact) mass is 322 g/mol. The first-order chi connectivity index (χ1) is 9.66. The van der Waals surface area contributed by atoms with E-state index in [0.29, 0.717) is 0 Å². The van der Waals surface area contributed by atoms with Gasteiger partial charge in [-0.1, -0.05) is 11.6 Å². The van der Waals surface area contributed by atoms with Gasteiger partial charge in [-0.2, -0.15) is 13.2 Å². The third-order valence-electron chi connectivity index (χ3n) is 3.02. The zero-order valence-corrected chi connectivity index (χ0v) is 11.7. The molecule has 1 aromatic rings. The van der Waals surface area contributed by atoms with Crippen LogP contribution < -0.4 is 9.47 Å². The van der Waals surface area contributed by atoms with E-state index in [1.54, 1.807) is 0 Å². The molecule has 2 rings (SSSR count). The van der Waals surface area contributed by atoms with Crippen LogP contribution in [0.25, 0.3) is 6.08 Å². The van der Waals surface area contributed by atoms with Crippen molar-refractivity contribution < 1.29 is 32.5 Å². The van der Waals surface area contributed by atoms with Crippen molar-refractivity contribution in [3.63, 3.8) is 0 Å². The van der Waals surface area contributed by atoms with Crippen LogP contribution in [0.2, 0.25) is 5.02 Å². The summed E-state index contributed by atoms with van der Waals surface area (Å²) in [5.74, 6) is -1.61. The summed E-state index contributed by atoms with van der Waals surface area (Å²) in [5.41, 5.74) is -0.457. The minimum absolute atomic E-state index is 0.0939. The van der Waals surface area contributed by atoms with Crippen molar-refractivity contribution in [1.29, 1.82) is 0 Å². The third kappa shape index (κ3) is 2.65. The number of benzene rings is 1. The highest BCUT2D eigenvalue weighted by atomic mass is 35.5. The van der Waals surface area contributed by atoms with E-state index in [2.05, 4.69) is 0 Å². The molecule has 1 aliphatic rings. The van der Waals surface area contributed by atoms with Gasteiger partial charge in [0, 0.05) is 11.1 Å².